The van der Waals surface area contributed by atoms with Crippen LogP contribution in [0, 0.1) is 0 Å². The molecule has 2 aliphatic rings. The fourth-order valence-electron chi connectivity index (χ4n) is 5.12. The number of hydrogen-bond acceptors (Lipinski definition) is 5. The van der Waals surface area contributed by atoms with Crippen LogP contribution in [0.15, 0.2) is 36.1 Å². The first-order chi connectivity index (χ1) is 14.1. The van der Waals surface area contributed by atoms with Crippen LogP contribution in [0.2, 0.25) is 0 Å². The largest absolute Gasteiger partial charge is 0.406 e. The molecule has 0 unspecified atom stereocenters. The van der Waals surface area contributed by atoms with Crippen LogP contribution in [0.5, 0.6) is 0 Å². The van der Waals surface area contributed by atoms with Crippen molar-refractivity contribution in [2.45, 2.75) is 123 Å². The van der Waals surface area contributed by atoms with Crippen LogP contribution in [0.25, 0.3) is 0 Å². The highest BCUT2D eigenvalue weighted by molar-refractivity contribution is 5.87. The molecule has 2 heterocycles. The summed E-state index contributed by atoms with van der Waals surface area (Å²) < 4.78 is 0. The third-order valence-electron chi connectivity index (χ3n) is 6.69. The number of nitrogens with zero attached hydrogens (tertiary/aromatic N) is 2. The van der Waals surface area contributed by atoms with Gasteiger partial charge in [-0.2, -0.15) is 0 Å². The van der Waals surface area contributed by atoms with E-state index in [1.54, 1.807) is 25.2 Å². The second-order valence-corrected chi connectivity index (χ2v) is 11.7. The van der Waals surface area contributed by atoms with Gasteiger partial charge in [0.25, 0.3) is 0 Å². The van der Waals surface area contributed by atoms with Gasteiger partial charge < -0.3 is 9.68 Å². The Morgan fingerprint density at radius 1 is 0.774 bits per heavy atom. The van der Waals surface area contributed by atoms with E-state index in [1.165, 1.54) is 6.42 Å². The number of piperidine rings is 2. The molecule has 0 bridgehead atoms. The van der Waals surface area contributed by atoms with Gasteiger partial charge in [0.05, 0.1) is 22.2 Å². The summed E-state index contributed by atoms with van der Waals surface area (Å²) in [4.78, 5) is 24.7. The third-order valence-corrected chi connectivity index (χ3v) is 6.69. The summed E-state index contributed by atoms with van der Waals surface area (Å²) in [7, 11) is 0. The van der Waals surface area contributed by atoms with Gasteiger partial charge >= 0.3 is 5.97 Å². The summed E-state index contributed by atoms with van der Waals surface area (Å²) in [5.41, 5.74) is 0.0809. The van der Waals surface area contributed by atoms with Crippen molar-refractivity contribution in [2.75, 3.05) is 0 Å². The predicted octanol–water partition coefficient (Wildman–Crippen LogP) is 6.48. The Kier molecular flexibility index (Phi) is 7.54. The number of hydrogen-bond donors (Lipinski definition) is 0. The highest BCUT2D eigenvalue weighted by Gasteiger charge is 2.45. The monoisotopic (exact) mass is 432 g/mol. The molecule has 5 nitrogen and oxygen atoms in total. The third kappa shape index (κ3) is 6.23. The van der Waals surface area contributed by atoms with Crippen LogP contribution in [0.4, 0.5) is 0 Å². The maximum Gasteiger partial charge on any atom is 0.352 e. The normalized spacial score (nSPS) is 25.9. The number of carbonyl (C=O) groups excluding carboxylic acids is 1. The van der Waals surface area contributed by atoms with Gasteiger partial charge in [-0.05, 0) is 107 Å². The number of rotatable bonds is 6. The molecule has 31 heavy (non-hydrogen) atoms. The van der Waals surface area contributed by atoms with Crippen molar-refractivity contribution in [2.24, 2.45) is 0 Å². The first-order valence-corrected chi connectivity index (χ1v) is 11.6. The molecule has 0 saturated carbocycles. The summed E-state index contributed by atoms with van der Waals surface area (Å²) in [5.74, 6) is 0.233. The van der Waals surface area contributed by atoms with E-state index in [0.717, 1.165) is 32.1 Å². The molecule has 2 fully saturated rings. The molecular weight excluding hydrogens is 388 g/mol. The highest BCUT2D eigenvalue weighted by atomic mass is 16.7. The average molecular weight is 433 g/mol. The summed E-state index contributed by atoms with van der Waals surface area (Å²) in [6.45, 7) is 23.2. The smallest absolute Gasteiger partial charge is 0.352 e. The van der Waals surface area contributed by atoms with E-state index in [-0.39, 0.29) is 28.1 Å². The molecule has 2 aliphatic heterocycles. The van der Waals surface area contributed by atoms with Gasteiger partial charge in [0.2, 0.25) is 0 Å². The van der Waals surface area contributed by atoms with Crippen molar-refractivity contribution in [1.29, 1.82) is 0 Å². The SMILES string of the molecule is C=C(/C=C/C=C(\C)C(=O)ON1C(C)(C)CCCC1(C)C)ON1C(C)(C)CCCC1(C)C. The van der Waals surface area contributed by atoms with Crippen molar-refractivity contribution in [3.8, 4) is 0 Å². The molecule has 0 atom stereocenters. The standard InChI is InChI=1S/C26H44N2O3/c1-20(22(29)31-28-25(7,8)18-13-19-26(28,9)10)14-11-15-21(2)30-27-23(3,4)16-12-17-24(27,5)6/h11,14-15H,2,12-13,16-19H2,1,3-10H3/b15-11+,20-14+. The van der Waals surface area contributed by atoms with Crippen LogP contribution < -0.4 is 0 Å². The van der Waals surface area contributed by atoms with Crippen molar-refractivity contribution < 1.29 is 14.5 Å². The Morgan fingerprint density at radius 2 is 1.16 bits per heavy atom. The molecule has 0 amide bonds. The van der Waals surface area contributed by atoms with Crippen LogP contribution in [0.3, 0.4) is 0 Å². The lowest BCUT2D eigenvalue weighted by Crippen LogP contribution is -2.58. The van der Waals surface area contributed by atoms with Gasteiger partial charge in [-0.15, -0.1) is 10.1 Å². The molecule has 0 aliphatic carbocycles. The lowest BCUT2D eigenvalue weighted by molar-refractivity contribution is -0.262. The van der Waals surface area contributed by atoms with Crippen molar-refractivity contribution >= 4 is 5.97 Å². The Labute approximate surface area is 190 Å². The van der Waals surface area contributed by atoms with Gasteiger partial charge in [-0.1, -0.05) is 18.7 Å². The minimum atomic E-state index is -0.322. The van der Waals surface area contributed by atoms with E-state index in [0.29, 0.717) is 11.3 Å². The van der Waals surface area contributed by atoms with Gasteiger partial charge in [0, 0.05) is 5.57 Å². The van der Waals surface area contributed by atoms with Gasteiger partial charge in [-0.25, -0.2) is 4.79 Å². The van der Waals surface area contributed by atoms with Gasteiger partial charge in [0.15, 0.2) is 0 Å². The second-order valence-electron chi connectivity index (χ2n) is 11.7. The summed E-state index contributed by atoms with van der Waals surface area (Å²) in [6.07, 6.45) is 11.9. The zero-order chi connectivity index (χ0) is 23.7. The lowest BCUT2D eigenvalue weighted by Gasteiger charge is -2.50. The molecule has 176 valence electrons. The zero-order valence-corrected chi connectivity index (χ0v) is 21.3. The van der Waals surface area contributed by atoms with Crippen LogP contribution in [-0.4, -0.2) is 38.3 Å². The topological polar surface area (TPSA) is 42.0 Å². The summed E-state index contributed by atoms with van der Waals surface area (Å²) >= 11 is 0. The lowest BCUT2D eigenvalue weighted by atomic mass is 9.82. The molecule has 2 rings (SSSR count). The molecule has 2 saturated heterocycles. The molecule has 0 N–H and O–H groups in total. The highest BCUT2D eigenvalue weighted by Crippen LogP contribution is 2.40. The van der Waals surface area contributed by atoms with E-state index in [4.69, 9.17) is 9.68 Å². The van der Waals surface area contributed by atoms with Crippen molar-refractivity contribution in [3.05, 3.63) is 36.1 Å². The van der Waals surface area contributed by atoms with Gasteiger partial charge in [0.1, 0.15) is 5.76 Å². The summed E-state index contributed by atoms with van der Waals surface area (Å²) in [6, 6.07) is 0. The maximum absolute atomic E-state index is 12.7. The van der Waals surface area contributed by atoms with Crippen molar-refractivity contribution in [3.63, 3.8) is 0 Å². The van der Waals surface area contributed by atoms with E-state index in [2.05, 4.69) is 67.0 Å². The van der Waals surface area contributed by atoms with Crippen molar-refractivity contribution in [1.82, 2.24) is 10.1 Å². The number of carbonyl (C=O) groups is 1. The predicted molar refractivity (Wildman–Crippen MR) is 127 cm³/mol. The first-order valence-electron chi connectivity index (χ1n) is 11.6. The van der Waals surface area contributed by atoms with E-state index < -0.39 is 0 Å². The molecule has 0 aromatic heterocycles. The van der Waals surface area contributed by atoms with Crippen LogP contribution in [0.1, 0.15) is 101 Å². The maximum atomic E-state index is 12.7. The Morgan fingerprint density at radius 3 is 1.58 bits per heavy atom. The van der Waals surface area contributed by atoms with Gasteiger partial charge in [-0.3, -0.25) is 0 Å². The zero-order valence-electron chi connectivity index (χ0n) is 21.3. The Balaban J connectivity index is 2.00. The number of hydroxylamine groups is 4. The van der Waals surface area contributed by atoms with E-state index >= 15 is 0 Å². The van der Waals surface area contributed by atoms with E-state index in [9.17, 15) is 4.79 Å². The van der Waals surface area contributed by atoms with Crippen LogP contribution >= 0.6 is 0 Å². The Bertz CT molecular complexity index is 712. The summed E-state index contributed by atoms with van der Waals surface area (Å²) in [5, 5.41) is 3.96. The quantitative estimate of drug-likeness (QED) is 0.273. The second kappa shape index (κ2) is 9.11. The fourth-order valence-corrected chi connectivity index (χ4v) is 5.12. The number of allylic oxidation sites excluding steroid dienone is 3. The van der Waals surface area contributed by atoms with E-state index in [1.807, 2.05) is 5.06 Å². The molecule has 0 spiro atoms. The molecule has 5 heteroatoms. The minimum Gasteiger partial charge on any atom is -0.406 e. The first kappa shape index (κ1) is 25.7. The fraction of sp³-hybridized carbons (Fsp3) is 0.731. The van der Waals surface area contributed by atoms with Crippen LogP contribution in [-0.2, 0) is 14.5 Å². The molecule has 0 radical (unpaired) electrons. The molecular formula is C26H44N2O3. The minimum absolute atomic E-state index is 0.0534. The molecule has 0 aromatic carbocycles. The molecule has 0 aromatic rings. The average Bonchev–Trinajstić information content (AvgIpc) is 2.60. The Hall–Kier alpha value is -1.59.